The van der Waals surface area contributed by atoms with Crippen molar-refractivity contribution in [2.24, 2.45) is 5.92 Å². The predicted octanol–water partition coefficient (Wildman–Crippen LogP) is 1.53. The topological polar surface area (TPSA) is 18.5 Å². The van der Waals surface area contributed by atoms with E-state index in [1.54, 1.807) is 0 Å². The van der Waals surface area contributed by atoms with Crippen molar-refractivity contribution in [1.29, 1.82) is 0 Å². The summed E-state index contributed by atoms with van der Waals surface area (Å²) in [5.41, 5.74) is 0. The molecule has 0 spiro atoms. The van der Waals surface area contributed by atoms with Crippen molar-refractivity contribution in [2.45, 2.75) is 36.6 Å². The van der Waals surface area contributed by atoms with Gasteiger partial charge in [0.1, 0.15) is 0 Å². The number of hydrogen-bond donors (Lipinski definition) is 1. The van der Waals surface area contributed by atoms with Crippen molar-refractivity contribution < 1.29 is 0 Å². The average molecular weight is 316 g/mol. The van der Waals surface area contributed by atoms with Gasteiger partial charge in [0, 0.05) is 43.6 Å². The summed E-state index contributed by atoms with van der Waals surface area (Å²) in [6, 6.07) is 0.852. The molecule has 3 aliphatic rings. The lowest BCUT2D eigenvalue weighted by Crippen LogP contribution is -2.52. The highest BCUT2D eigenvalue weighted by Crippen LogP contribution is 2.34. The van der Waals surface area contributed by atoms with E-state index in [1.165, 1.54) is 71.5 Å². The Morgan fingerprint density at radius 3 is 2.22 bits per heavy atom. The molecule has 2 saturated heterocycles. The first-order valence-electron chi connectivity index (χ1n) is 7.64. The Labute approximate surface area is 119 Å². The molecule has 1 unspecified atom stereocenters. The summed E-state index contributed by atoms with van der Waals surface area (Å²) >= 11 is 3.80. The fourth-order valence-corrected chi connectivity index (χ4v) is 4.44. The second kappa shape index (κ2) is 6.21. The summed E-state index contributed by atoms with van der Waals surface area (Å²) in [5.74, 6) is 0.952. The Morgan fingerprint density at radius 2 is 1.67 bits per heavy atom. The second-order valence-electron chi connectivity index (χ2n) is 6.19. The molecule has 1 N–H and O–H groups in total. The van der Waals surface area contributed by atoms with Gasteiger partial charge in [0.15, 0.2) is 0 Å². The molecule has 0 aromatic rings. The van der Waals surface area contributed by atoms with Gasteiger partial charge in [0.05, 0.1) is 0 Å². The first-order valence-corrected chi connectivity index (χ1v) is 8.55. The number of piperazine rings is 1. The van der Waals surface area contributed by atoms with E-state index in [0.717, 1.165) is 16.8 Å². The number of halogens is 1. The van der Waals surface area contributed by atoms with Crippen LogP contribution in [0, 0.1) is 5.92 Å². The van der Waals surface area contributed by atoms with Crippen LogP contribution < -0.4 is 5.32 Å². The molecule has 2 atom stereocenters. The molecule has 4 heteroatoms. The van der Waals surface area contributed by atoms with E-state index in [9.17, 15) is 0 Å². The number of alkyl halides is 1. The molecule has 1 saturated carbocycles. The molecular weight excluding hydrogens is 290 g/mol. The Hall–Kier alpha value is 0.360. The molecule has 0 bridgehead atoms. The number of nitrogens with one attached hydrogen (secondary N) is 1. The fraction of sp³-hybridized carbons (Fsp3) is 1.00. The monoisotopic (exact) mass is 315 g/mol. The van der Waals surface area contributed by atoms with Gasteiger partial charge in [-0.1, -0.05) is 15.9 Å². The third-order valence-corrected chi connectivity index (χ3v) is 6.07. The third-order valence-electron chi connectivity index (χ3n) is 5.00. The first kappa shape index (κ1) is 13.3. The zero-order valence-corrected chi connectivity index (χ0v) is 12.9. The van der Waals surface area contributed by atoms with E-state index in [1.807, 2.05) is 0 Å². The zero-order valence-electron chi connectivity index (χ0n) is 11.3. The predicted molar refractivity (Wildman–Crippen MR) is 79.3 cm³/mol. The molecule has 18 heavy (non-hydrogen) atoms. The van der Waals surface area contributed by atoms with E-state index in [2.05, 4.69) is 31.0 Å². The molecule has 0 radical (unpaired) electrons. The summed E-state index contributed by atoms with van der Waals surface area (Å²) in [6.07, 6.45) is 5.63. The summed E-state index contributed by atoms with van der Waals surface area (Å²) in [5, 5.41) is 3.44. The van der Waals surface area contributed by atoms with Crippen molar-refractivity contribution in [1.82, 2.24) is 15.1 Å². The summed E-state index contributed by atoms with van der Waals surface area (Å²) in [6.45, 7) is 8.90. The number of likely N-dealkylation sites (tertiary alicyclic amines) is 1. The minimum Gasteiger partial charge on any atom is -0.314 e. The number of nitrogens with zero attached hydrogens (tertiary/aromatic N) is 2. The van der Waals surface area contributed by atoms with E-state index in [-0.39, 0.29) is 0 Å². The lowest BCUT2D eigenvalue weighted by atomic mass is 9.87. The molecule has 0 aromatic carbocycles. The Kier molecular flexibility index (Phi) is 4.60. The van der Waals surface area contributed by atoms with Crippen molar-refractivity contribution in [2.75, 3.05) is 45.8 Å². The molecule has 0 amide bonds. The molecule has 3 nitrogen and oxygen atoms in total. The molecule has 3 rings (SSSR count). The Bertz CT molecular complexity index is 260. The van der Waals surface area contributed by atoms with Crippen LogP contribution in [0.15, 0.2) is 0 Å². The van der Waals surface area contributed by atoms with Gasteiger partial charge in [-0.15, -0.1) is 0 Å². The standard InChI is InChI=1S/C14H26BrN3/c15-13-1-2-14(13)18-7-3-12(4-8-18)11-17-9-5-16-6-10-17/h12-14,16H,1-11H2/t13-,14?/m1/s1. The largest absolute Gasteiger partial charge is 0.314 e. The van der Waals surface area contributed by atoms with Crippen molar-refractivity contribution in [3.63, 3.8) is 0 Å². The van der Waals surface area contributed by atoms with E-state index < -0.39 is 0 Å². The summed E-state index contributed by atoms with van der Waals surface area (Å²) in [7, 11) is 0. The molecule has 104 valence electrons. The molecule has 0 aromatic heterocycles. The Balaban J connectivity index is 1.39. The quantitative estimate of drug-likeness (QED) is 0.797. The van der Waals surface area contributed by atoms with Crippen LogP contribution in [-0.4, -0.2) is 66.5 Å². The van der Waals surface area contributed by atoms with E-state index >= 15 is 0 Å². The Morgan fingerprint density at radius 1 is 0.944 bits per heavy atom. The summed E-state index contributed by atoms with van der Waals surface area (Å²) in [4.78, 5) is 6.17. The van der Waals surface area contributed by atoms with Gasteiger partial charge in [0.25, 0.3) is 0 Å². The van der Waals surface area contributed by atoms with E-state index in [0.29, 0.717) is 0 Å². The van der Waals surface area contributed by atoms with Crippen molar-refractivity contribution in [3.8, 4) is 0 Å². The van der Waals surface area contributed by atoms with Crippen LogP contribution in [0.2, 0.25) is 0 Å². The fourth-order valence-electron chi connectivity index (χ4n) is 3.58. The van der Waals surface area contributed by atoms with Crippen LogP contribution in [-0.2, 0) is 0 Å². The normalized spacial score (nSPS) is 36.5. The second-order valence-corrected chi connectivity index (χ2v) is 7.37. The van der Waals surface area contributed by atoms with Gasteiger partial charge in [-0.05, 0) is 44.7 Å². The summed E-state index contributed by atoms with van der Waals surface area (Å²) < 4.78 is 0. The highest BCUT2D eigenvalue weighted by atomic mass is 79.9. The number of rotatable bonds is 3. The minimum absolute atomic E-state index is 0.780. The van der Waals surface area contributed by atoms with E-state index in [4.69, 9.17) is 0 Å². The van der Waals surface area contributed by atoms with Crippen LogP contribution in [0.4, 0.5) is 0 Å². The lowest BCUT2D eigenvalue weighted by Gasteiger charge is -2.45. The maximum atomic E-state index is 3.80. The highest BCUT2D eigenvalue weighted by molar-refractivity contribution is 9.09. The van der Waals surface area contributed by atoms with Gasteiger partial charge in [0.2, 0.25) is 0 Å². The smallest absolute Gasteiger partial charge is 0.0302 e. The molecule has 1 aliphatic carbocycles. The first-order chi connectivity index (χ1) is 8.83. The van der Waals surface area contributed by atoms with Crippen LogP contribution in [0.3, 0.4) is 0 Å². The minimum atomic E-state index is 0.780. The molecule has 3 fully saturated rings. The molecular formula is C14H26BrN3. The van der Waals surface area contributed by atoms with Gasteiger partial charge in [-0.2, -0.15) is 0 Å². The van der Waals surface area contributed by atoms with Crippen LogP contribution in [0.25, 0.3) is 0 Å². The maximum Gasteiger partial charge on any atom is 0.0302 e. The molecule has 2 aliphatic heterocycles. The van der Waals surface area contributed by atoms with Gasteiger partial charge < -0.3 is 10.2 Å². The highest BCUT2D eigenvalue weighted by Gasteiger charge is 2.35. The zero-order chi connectivity index (χ0) is 12.4. The van der Waals surface area contributed by atoms with Crippen LogP contribution >= 0.6 is 15.9 Å². The van der Waals surface area contributed by atoms with Gasteiger partial charge in [-0.25, -0.2) is 0 Å². The van der Waals surface area contributed by atoms with Crippen molar-refractivity contribution in [3.05, 3.63) is 0 Å². The number of piperidine rings is 1. The van der Waals surface area contributed by atoms with Gasteiger partial charge in [-0.3, -0.25) is 4.90 Å². The molecule has 2 heterocycles. The van der Waals surface area contributed by atoms with Crippen LogP contribution in [0.1, 0.15) is 25.7 Å². The average Bonchev–Trinajstić information content (AvgIpc) is 2.40. The van der Waals surface area contributed by atoms with Crippen molar-refractivity contribution >= 4 is 15.9 Å². The van der Waals surface area contributed by atoms with Gasteiger partial charge >= 0.3 is 0 Å². The SMILES string of the molecule is Br[C@@H]1CCC1N1CCC(CN2CCNCC2)CC1. The number of hydrogen-bond acceptors (Lipinski definition) is 3. The van der Waals surface area contributed by atoms with Crippen LogP contribution in [0.5, 0.6) is 0 Å². The third kappa shape index (κ3) is 3.09. The maximum absolute atomic E-state index is 3.80. The lowest BCUT2D eigenvalue weighted by molar-refractivity contribution is 0.0768.